The molecule has 4 nitrogen and oxygen atoms in total. The average Bonchev–Trinajstić information content (AvgIpc) is 2.85. The van der Waals surface area contributed by atoms with Gasteiger partial charge in [-0.15, -0.1) is 0 Å². The predicted octanol–water partition coefficient (Wildman–Crippen LogP) is 2.83. The normalized spacial score (nSPS) is 11.0. The first-order valence-electron chi connectivity index (χ1n) is 6.57. The lowest BCUT2D eigenvalue weighted by Gasteiger charge is -2.04. The fourth-order valence-corrected chi connectivity index (χ4v) is 2.24. The first kappa shape index (κ1) is 11.8. The minimum absolute atomic E-state index is 0.792. The summed E-state index contributed by atoms with van der Waals surface area (Å²) in [5.41, 5.74) is 4.14. The van der Waals surface area contributed by atoms with E-state index in [0.717, 1.165) is 36.2 Å². The molecule has 3 aromatic rings. The number of aromatic nitrogens is 4. The molecule has 2 heterocycles. The highest BCUT2D eigenvalue weighted by atomic mass is 15.1. The Labute approximate surface area is 112 Å². The molecule has 96 valence electrons. The number of fused-ring (bicyclic) bond motifs is 1. The average molecular weight is 252 g/mol. The molecule has 0 atom stereocenters. The van der Waals surface area contributed by atoms with Gasteiger partial charge in [0.05, 0.1) is 18.6 Å². The van der Waals surface area contributed by atoms with Crippen LogP contribution in [0.25, 0.3) is 11.2 Å². The van der Waals surface area contributed by atoms with E-state index in [1.54, 1.807) is 6.33 Å². The molecule has 3 rings (SSSR count). The summed E-state index contributed by atoms with van der Waals surface area (Å²) >= 11 is 0. The molecule has 0 aliphatic rings. The van der Waals surface area contributed by atoms with Gasteiger partial charge in [0.15, 0.2) is 5.65 Å². The first-order chi connectivity index (χ1) is 9.38. The lowest BCUT2D eigenvalue weighted by Crippen LogP contribution is -2.00. The summed E-state index contributed by atoms with van der Waals surface area (Å²) in [5.74, 6) is 0. The van der Waals surface area contributed by atoms with Gasteiger partial charge in [-0.2, -0.15) is 0 Å². The van der Waals surface area contributed by atoms with Crippen LogP contribution in [0, 0.1) is 0 Å². The van der Waals surface area contributed by atoms with Gasteiger partial charge in [-0.3, -0.25) is 0 Å². The van der Waals surface area contributed by atoms with Crippen LogP contribution in [0.2, 0.25) is 0 Å². The molecule has 19 heavy (non-hydrogen) atoms. The third kappa shape index (κ3) is 2.34. The molecule has 0 saturated heterocycles. The zero-order valence-electron chi connectivity index (χ0n) is 11.0. The molecule has 0 spiro atoms. The largest absolute Gasteiger partial charge is 0.311 e. The Kier molecular flexibility index (Phi) is 3.23. The Morgan fingerprint density at radius 2 is 1.89 bits per heavy atom. The van der Waals surface area contributed by atoms with Crippen LogP contribution in [-0.2, 0) is 13.0 Å². The van der Waals surface area contributed by atoms with Crippen LogP contribution in [0.15, 0.2) is 43.0 Å². The van der Waals surface area contributed by atoms with Crippen LogP contribution in [-0.4, -0.2) is 19.5 Å². The third-order valence-electron chi connectivity index (χ3n) is 3.16. The summed E-state index contributed by atoms with van der Waals surface area (Å²) in [4.78, 5) is 13.2. The number of hydrogen-bond donors (Lipinski definition) is 0. The molecule has 0 aliphatic heterocycles. The van der Waals surface area contributed by atoms with Crippen molar-refractivity contribution in [1.82, 2.24) is 19.5 Å². The molecule has 0 bridgehead atoms. The second-order valence-electron chi connectivity index (χ2n) is 4.60. The third-order valence-corrected chi connectivity index (χ3v) is 3.16. The molecule has 0 aliphatic carbocycles. The van der Waals surface area contributed by atoms with E-state index in [0.29, 0.717) is 0 Å². The zero-order chi connectivity index (χ0) is 13.1. The molecule has 2 aromatic heterocycles. The maximum atomic E-state index is 4.47. The summed E-state index contributed by atoms with van der Waals surface area (Å²) in [5, 5.41) is 0. The fraction of sp³-hybridized carbons (Fsp3) is 0.267. The van der Waals surface area contributed by atoms with E-state index in [4.69, 9.17) is 0 Å². The van der Waals surface area contributed by atoms with Crippen LogP contribution in [0.4, 0.5) is 0 Å². The monoisotopic (exact) mass is 252 g/mol. The lowest BCUT2D eigenvalue weighted by molar-refractivity contribution is 0.811. The molecule has 0 radical (unpaired) electrons. The van der Waals surface area contributed by atoms with Gasteiger partial charge in [-0.05, 0) is 12.0 Å². The molecule has 0 amide bonds. The summed E-state index contributed by atoms with van der Waals surface area (Å²) in [6, 6.07) is 10.3. The van der Waals surface area contributed by atoms with Crippen LogP contribution in [0.1, 0.15) is 24.6 Å². The van der Waals surface area contributed by atoms with E-state index >= 15 is 0 Å². The van der Waals surface area contributed by atoms with Gasteiger partial charge in [-0.25, -0.2) is 15.0 Å². The number of nitrogens with zero attached hydrogens (tertiary/aromatic N) is 4. The van der Waals surface area contributed by atoms with Crippen molar-refractivity contribution in [2.24, 2.45) is 0 Å². The molecular weight excluding hydrogens is 236 g/mol. The smallest absolute Gasteiger partial charge is 0.163 e. The minimum Gasteiger partial charge on any atom is -0.311 e. The van der Waals surface area contributed by atoms with E-state index < -0.39 is 0 Å². The van der Waals surface area contributed by atoms with E-state index in [1.807, 2.05) is 24.5 Å². The zero-order valence-corrected chi connectivity index (χ0v) is 11.0. The Morgan fingerprint density at radius 3 is 2.68 bits per heavy atom. The SMILES string of the molecule is CCCc1ncnc2c1ncn2Cc1ccccc1. The standard InChI is InChI=1S/C15H16N4/c1-2-6-13-14-15(17-10-16-13)19(11-18-14)9-12-7-4-3-5-8-12/h3-5,7-8,10-11H,2,6,9H2,1H3. The molecule has 0 fully saturated rings. The highest BCUT2D eigenvalue weighted by Crippen LogP contribution is 2.15. The maximum absolute atomic E-state index is 4.47. The second kappa shape index (κ2) is 5.18. The summed E-state index contributed by atoms with van der Waals surface area (Å²) in [7, 11) is 0. The van der Waals surface area contributed by atoms with Crippen LogP contribution < -0.4 is 0 Å². The Morgan fingerprint density at radius 1 is 1.05 bits per heavy atom. The number of imidazole rings is 1. The molecule has 4 heteroatoms. The van der Waals surface area contributed by atoms with Crippen LogP contribution >= 0.6 is 0 Å². The fourth-order valence-electron chi connectivity index (χ4n) is 2.24. The molecule has 0 N–H and O–H groups in total. The van der Waals surface area contributed by atoms with E-state index in [-0.39, 0.29) is 0 Å². The quantitative estimate of drug-likeness (QED) is 0.717. The Hall–Kier alpha value is -2.23. The first-order valence-corrected chi connectivity index (χ1v) is 6.57. The van der Waals surface area contributed by atoms with Crippen molar-refractivity contribution in [3.05, 3.63) is 54.2 Å². The van der Waals surface area contributed by atoms with Crippen molar-refractivity contribution in [2.75, 3.05) is 0 Å². The van der Waals surface area contributed by atoms with Gasteiger partial charge in [0.25, 0.3) is 0 Å². The van der Waals surface area contributed by atoms with Crippen molar-refractivity contribution < 1.29 is 0 Å². The van der Waals surface area contributed by atoms with Crippen LogP contribution in [0.5, 0.6) is 0 Å². The van der Waals surface area contributed by atoms with Crippen molar-refractivity contribution >= 4 is 11.2 Å². The molecular formula is C15H16N4. The molecule has 0 saturated carbocycles. The second-order valence-corrected chi connectivity index (χ2v) is 4.60. The summed E-state index contributed by atoms with van der Waals surface area (Å²) < 4.78 is 2.07. The van der Waals surface area contributed by atoms with Gasteiger partial charge < -0.3 is 4.57 Å². The number of aryl methyl sites for hydroxylation is 1. The maximum Gasteiger partial charge on any atom is 0.163 e. The Balaban J connectivity index is 1.99. The van der Waals surface area contributed by atoms with Gasteiger partial charge in [0.1, 0.15) is 11.8 Å². The summed E-state index contributed by atoms with van der Waals surface area (Å²) in [6.07, 6.45) is 5.50. The highest BCUT2D eigenvalue weighted by molar-refractivity contribution is 5.73. The van der Waals surface area contributed by atoms with E-state index in [9.17, 15) is 0 Å². The topological polar surface area (TPSA) is 43.6 Å². The number of rotatable bonds is 4. The number of hydrogen-bond acceptors (Lipinski definition) is 3. The lowest BCUT2D eigenvalue weighted by atomic mass is 10.2. The van der Waals surface area contributed by atoms with E-state index in [1.165, 1.54) is 5.56 Å². The van der Waals surface area contributed by atoms with Gasteiger partial charge in [-0.1, -0.05) is 43.7 Å². The van der Waals surface area contributed by atoms with Gasteiger partial charge >= 0.3 is 0 Å². The van der Waals surface area contributed by atoms with Crippen molar-refractivity contribution in [3.63, 3.8) is 0 Å². The minimum atomic E-state index is 0.792. The Bertz CT molecular complexity index is 673. The molecule has 0 unspecified atom stereocenters. The van der Waals surface area contributed by atoms with Crippen LogP contribution in [0.3, 0.4) is 0 Å². The highest BCUT2D eigenvalue weighted by Gasteiger charge is 2.09. The van der Waals surface area contributed by atoms with Gasteiger partial charge in [0.2, 0.25) is 0 Å². The van der Waals surface area contributed by atoms with Crippen molar-refractivity contribution in [3.8, 4) is 0 Å². The summed E-state index contributed by atoms with van der Waals surface area (Å²) in [6.45, 7) is 2.94. The molecule has 1 aromatic carbocycles. The number of benzene rings is 1. The van der Waals surface area contributed by atoms with E-state index in [2.05, 4.69) is 38.6 Å². The predicted molar refractivity (Wildman–Crippen MR) is 74.9 cm³/mol. The van der Waals surface area contributed by atoms with Crippen molar-refractivity contribution in [1.29, 1.82) is 0 Å². The van der Waals surface area contributed by atoms with Gasteiger partial charge in [0, 0.05) is 0 Å². The van der Waals surface area contributed by atoms with Crippen molar-refractivity contribution in [2.45, 2.75) is 26.3 Å².